The lowest BCUT2D eigenvalue weighted by Crippen LogP contribution is -2.40. The molecule has 0 saturated carbocycles. The second-order valence-corrected chi connectivity index (χ2v) is 4.75. The Morgan fingerprint density at radius 3 is 2.60 bits per heavy atom. The Kier molecular flexibility index (Phi) is 5.50. The van der Waals surface area contributed by atoms with Crippen molar-refractivity contribution in [1.82, 2.24) is 4.90 Å². The maximum atomic E-state index is 11.8. The fourth-order valence-corrected chi connectivity index (χ4v) is 2.06. The molecule has 0 unspecified atom stereocenters. The van der Waals surface area contributed by atoms with Crippen LogP contribution >= 0.6 is 0 Å². The van der Waals surface area contributed by atoms with Crippen molar-refractivity contribution in [2.24, 2.45) is 0 Å². The summed E-state index contributed by atoms with van der Waals surface area (Å²) < 4.78 is 5.33. The zero-order valence-electron chi connectivity index (χ0n) is 11.5. The molecule has 1 heterocycles. The molecule has 1 aliphatic rings. The normalized spacial score (nSPS) is 15.8. The third-order valence-electron chi connectivity index (χ3n) is 3.22. The smallest absolute Gasteiger partial charge is 0.248 e. The van der Waals surface area contributed by atoms with Gasteiger partial charge >= 0.3 is 0 Å². The minimum atomic E-state index is -0.0365. The predicted molar refractivity (Wildman–Crippen MR) is 77.1 cm³/mol. The molecule has 1 aliphatic heterocycles. The van der Waals surface area contributed by atoms with E-state index in [2.05, 4.69) is 0 Å². The number of ether oxygens (including phenoxy) is 1. The first kappa shape index (κ1) is 14.5. The van der Waals surface area contributed by atoms with E-state index >= 15 is 0 Å². The number of amides is 1. The molecule has 1 amide bonds. The summed E-state index contributed by atoms with van der Waals surface area (Å²) in [5, 5.41) is 0. The Hall–Kier alpha value is -1.94. The van der Waals surface area contributed by atoms with Crippen LogP contribution in [0.2, 0.25) is 0 Å². The number of nitrogens with zero attached hydrogens (tertiary/aromatic N) is 1. The van der Waals surface area contributed by atoms with E-state index in [1.54, 1.807) is 4.90 Å². The number of piperidine rings is 1. The number of benzene rings is 1. The summed E-state index contributed by atoms with van der Waals surface area (Å²) in [7, 11) is 0. The van der Waals surface area contributed by atoms with E-state index in [4.69, 9.17) is 4.74 Å². The highest BCUT2D eigenvalue weighted by Gasteiger charge is 2.20. The van der Waals surface area contributed by atoms with Crippen molar-refractivity contribution in [3.8, 4) is 0 Å². The summed E-state index contributed by atoms with van der Waals surface area (Å²) in [6.07, 6.45) is 4.80. The first-order chi connectivity index (χ1) is 9.75. The van der Waals surface area contributed by atoms with Gasteiger partial charge in [0.15, 0.2) is 0 Å². The summed E-state index contributed by atoms with van der Waals surface area (Å²) in [5.74, 6) is 0.200. The van der Waals surface area contributed by atoms with Crippen LogP contribution in [-0.4, -0.2) is 42.9 Å². The molecule has 0 atom stereocenters. The van der Waals surface area contributed by atoms with Gasteiger partial charge < -0.3 is 9.64 Å². The summed E-state index contributed by atoms with van der Waals surface area (Å²) >= 11 is 0. The molecule has 1 aromatic carbocycles. The van der Waals surface area contributed by atoms with Gasteiger partial charge in [-0.25, -0.2) is 0 Å². The van der Waals surface area contributed by atoms with Crippen LogP contribution in [0.15, 0.2) is 36.4 Å². The van der Waals surface area contributed by atoms with E-state index in [0.29, 0.717) is 32.5 Å². The highest BCUT2D eigenvalue weighted by atomic mass is 16.5. The SMILES string of the molecule is O=C1CCN(C(=O)COCC=Cc2ccccc2)CC1. The molecule has 0 spiro atoms. The fraction of sp³-hybridized carbons (Fsp3) is 0.375. The number of hydrogen-bond donors (Lipinski definition) is 0. The van der Waals surface area contributed by atoms with E-state index in [1.807, 2.05) is 42.5 Å². The summed E-state index contributed by atoms with van der Waals surface area (Å²) in [6, 6.07) is 9.93. The Labute approximate surface area is 119 Å². The van der Waals surface area contributed by atoms with Crippen LogP contribution in [0.4, 0.5) is 0 Å². The van der Waals surface area contributed by atoms with Crippen LogP contribution in [0.3, 0.4) is 0 Å². The van der Waals surface area contributed by atoms with Gasteiger partial charge in [-0.05, 0) is 5.56 Å². The zero-order chi connectivity index (χ0) is 14.2. The maximum absolute atomic E-state index is 11.8. The number of likely N-dealkylation sites (tertiary alicyclic amines) is 1. The third kappa shape index (κ3) is 4.63. The van der Waals surface area contributed by atoms with Gasteiger partial charge in [-0.15, -0.1) is 0 Å². The summed E-state index contributed by atoms with van der Waals surface area (Å²) in [5.41, 5.74) is 1.11. The van der Waals surface area contributed by atoms with Gasteiger partial charge in [0.1, 0.15) is 12.4 Å². The van der Waals surface area contributed by atoms with Gasteiger partial charge in [-0.2, -0.15) is 0 Å². The lowest BCUT2D eigenvalue weighted by atomic mass is 10.1. The molecule has 0 radical (unpaired) electrons. The monoisotopic (exact) mass is 273 g/mol. The van der Waals surface area contributed by atoms with Crippen molar-refractivity contribution in [3.05, 3.63) is 42.0 Å². The molecule has 1 fully saturated rings. The van der Waals surface area contributed by atoms with E-state index in [9.17, 15) is 9.59 Å². The molecule has 4 heteroatoms. The van der Waals surface area contributed by atoms with Crippen molar-refractivity contribution < 1.29 is 14.3 Å². The van der Waals surface area contributed by atoms with Crippen LogP contribution in [0, 0.1) is 0 Å². The van der Waals surface area contributed by atoms with Crippen LogP contribution in [-0.2, 0) is 14.3 Å². The van der Waals surface area contributed by atoms with Crippen molar-refractivity contribution in [2.45, 2.75) is 12.8 Å². The Bertz CT molecular complexity index is 472. The third-order valence-corrected chi connectivity index (χ3v) is 3.22. The Morgan fingerprint density at radius 2 is 1.90 bits per heavy atom. The molecule has 0 N–H and O–H groups in total. The Balaban J connectivity index is 1.64. The standard InChI is InChI=1S/C16H19NO3/c18-15-8-10-17(11-9-15)16(19)13-20-12-4-7-14-5-2-1-3-6-14/h1-7H,8-13H2. The van der Waals surface area contributed by atoms with Gasteiger partial charge in [0.05, 0.1) is 6.61 Å². The number of hydrogen-bond acceptors (Lipinski definition) is 3. The minimum absolute atomic E-state index is 0.0365. The molecule has 4 nitrogen and oxygen atoms in total. The van der Waals surface area contributed by atoms with Gasteiger partial charge in [0.2, 0.25) is 5.91 Å². The largest absolute Gasteiger partial charge is 0.368 e. The van der Waals surface area contributed by atoms with Crippen LogP contribution in [0.25, 0.3) is 6.08 Å². The lowest BCUT2D eigenvalue weighted by molar-refractivity contribution is -0.138. The molecule has 0 bridgehead atoms. The van der Waals surface area contributed by atoms with E-state index in [0.717, 1.165) is 5.56 Å². The van der Waals surface area contributed by atoms with Crippen molar-refractivity contribution in [3.63, 3.8) is 0 Å². The molecule has 0 aliphatic carbocycles. The van der Waals surface area contributed by atoms with Gasteiger partial charge in [-0.3, -0.25) is 9.59 Å². The number of ketones is 1. The molecule has 0 aromatic heterocycles. The van der Waals surface area contributed by atoms with Gasteiger partial charge in [0.25, 0.3) is 0 Å². The zero-order valence-corrected chi connectivity index (χ0v) is 11.5. The van der Waals surface area contributed by atoms with Crippen LogP contribution in [0.5, 0.6) is 0 Å². The molecule has 106 valence electrons. The fourth-order valence-electron chi connectivity index (χ4n) is 2.06. The van der Waals surface area contributed by atoms with Crippen molar-refractivity contribution >= 4 is 17.8 Å². The second kappa shape index (κ2) is 7.60. The highest BCUT2D eigenvalue weighted by molar-refractivity contribution is 5.83. The topological polar surface area (TPSA) is 46.6 Å². The Morgan fingerprint density at radius 1 is 1.20 bits per heavy atom. The predicted octanol–water partition coefficient (Wildman–Crippen LogP) is 1.91. The summed E-state index contributed by atoms with van der Waals surface area (Å²) in [4.78, 5) is 24.6. The van der Waals surface area contributed by atoms with Crippen LogP contribution < -0.4 is 0 Å². The average Bonchev–Trinajstić information content (AvgIpc) is 2.48. The second-order valence-electron chi connectivity index (χ2n) is 4.75. The molecular formula is C16H19NO3. The maximum Gasteiger partial charge on any atom is 0.248 e. The summed E-state index contributed by atoms with van der Waals surface area (Å²) in [6.45, 7) is 1.54. The molecular weight excluding hydrogens is 254 g/mol. The number of carbonyl (C=O) groups is 2. The lowest BCUT2D eigenvalue weighted by Gasteiger charge is -2.25. The number of carbonyl (C=O) groups excluding carboxylic acids is 2. The molecule has 1 aromatic rings. The van der Waals surface area contributed by atoms with E-state index < -0.39 is 0 Å². The average molecular weight is 273 g/mol. The van der Waals surface area contributed by atoms with Gasteiger partial charge in [0, 0.05) is 25.9 Å². The molecule has 2 rings (SSSR count). The first-order valence-electron chi connectivity index (χ1n) is 6.84. The van der Waals surface area contributed by atoms with E-state index in [-0.39, 0.29) is 18.3 Å². The quantitative estimate of drug-likeness (QED) is 0.770. The van der Waals surface area contributed by atoms with E-state index in [1.165, 1.54) is 0 Å². The van der Waals surface area contributed by atoms with Crippen molar-refractivity contribution in [2.75, 3.05) is 26.3 Å². The number of Topliss-reactive ketones (excluding diaryl/α,β-unsaturated/α-hetero) is 1. The molecule has 1 saturated heterocycles. The number of rotatable bonds is 5. The van der Waals surface area contributed by atoms with Gasteiger partial charge in [-0.1, -0.05) is 42.5 Å². The van der Waals surface area contributed by atoms with Crippen molar-refractivity contribution in [1.29, 1.82) is 0 Å². The highest BCUT2D eigenvalue weighted by Crippen LogP contribution is 2.06. The van der Waals surface area contributed by atoms with Crippen LogP contribution in [0.1, 0.15) is 18.4 Å². The first-order valence-corrected chi connectivity index (χ1v) is 6.84. The molecule has 20 heavy (non-hydrogen) atoms. The minimum Gasteiger partial charge on any atom is -0.368 e.